The van der Waals surface area contributed by atoms with Crippen molar-refractivity contribution >= 4 is 51.8 Å². The Morgan fingerprint density at radius 3 is 2.21 bits per heavy atom. The summed E-state index contributed by atoms with van der Waals surface area (Å²) in [5, 5.41) is 9.56. The van der Waals surface area contributed by atoms with Gasteiger partial charge in [0.15, 0.2) is 5.11 Å². The van der Waals surface area contributed by atoms with Crippen molar-refractivity contribution in [1.29, 1.82) is 0 Å². The highest BCUT2D eigenvalue weighted by molar-refractivity contribution is 7.80. The Balaban J connectivity index is 1.64. The van der Waals surface area contributed by atoms with E-state index in [4.69, 9.17) is 44.9 Å². The summed E-state index contributed by atoms with van der Waals surface area (Å²) >= 11 is 17.9. The Labute approximate surface area is 206 Å². The lowest BCUT2D eigenvalue weighted by molar-refractivity contribution is 0.404. The monoisotopic (exact) mass is 492 g/mol. The van der Waals surface area contributed by atoms with Gasteiger partial charge in [-0.05, 0) is 73.2 Å². The van der Waals surface area contributed by atoms with E-state index in [0.717, 1.165) is 28.1 Å². The van der Waals surface area contributed by atoms with Gasteiger partial charge in [0.2, 0.25) is 5.82 Å². The Morgan fingerprint density at radius 1 is 0.909 bits per heavy atom. The average molecular weight is 493 g/mol. The number of halogens is 2. The maximum absolute atomic E-state index is 6.13. The minimum absolute atomic E-state index is 0.284. The number of benzene rings is 3. The average Bonchev–Trinajstić information content (AvgIpc) is 3.30. The third-order valence-corrected chi connectivity index (χ3v) is 6.27. The SMILES string of the molecule is CC1=C(c2nc(-c3ccc(Cl)cc3)no2)C(c2ccc(Cl)cc2)NC(=S)N1c1ccccc1. The number of hydrogen-bond acceptors (Lipinski definition) is 4. The molecule has 0 aliphatic carbocycles. The Kier molecular flexibility index (Phi) is 5.89. The summed E-state index contributed by atoms with van der Waals surface area (Å²) in [5.74, 6) is 0.893. The van der Waals surface area contributed by atoms with Crippen LogP contribution in [-0.4, -0.2) is 15.3 Å². The summed E-state index contributed by atoms with van der Waals surface area (Å²) in [7, 11) is 0. The van der Waals surface area contributed by atoms with Crippen LogP contribution in [0.4, 0.5) is 5.69 Å². The minimum atomic E-state index is -0.284. The lowest BCUT2D eigenvalue weighted by atomic mass is 9.94. The van der Waals surface area contributed by atoms with Gasteiger partial charge in [-0.25, -0.2) is 0 Å². The van der Waals surface area contributed by atoms with Gasteiger partial charge in [0.25, 0.3) is 5.89 Å². The smallest absolute Gasteiger partial charge is 0.258 e. The number of rotatable bonds is 4. The maximum Gasteiger partial charge on any atom is 0.258 e. The largest absolute Gasteiger partial charge is 0.351 e. The summed E-state index contributed by atoms with van der Waals surface area (Å²) in [5.41, 5.74) is 4.47. The van der Waals surface area contributed by atoms with Crippen LogP contribution in [0.5, 0.6) is 0 Å². The molecule has 5 rings (SSSR count). The number of thiocarbonyl (C=S) groups is 1. The predicted octanol–water partition coefficient (Wildman–Crippen LogP) is 6.91. The molecular formula is C25H18Cl2N4OS. The first-order valence-corrected chi connectivity index (χ1v) is 11.4. The second-order valence-corrected chi connectivity index (χ2v) is 8.79. The van der Waals surface area contributed by atoms with E-state index >= 15 is 0 Å². The maximum atomic E-state index is 6.13. The van der Waals surface area contributed by atoms with Crippen LogP contribution in [0.25, 0.3) is 17.0 Å². The summed E-state index contributed by atoms with van der Waals surface area (Å²) in [6.07, 6.45) is 0. The van der Waals surface area contributed by atoms with Crippen LogP contribution in [0.2, 0.25) is 10.0 Å². The van der Waals surface area contributed by atoms with Crippen molar-refractivity contribution in [1.82, 2.24) is 15.5 Å². The molecule has 33 heavy (non-hydrogen) atoms. The molecule has 3 aromatic carbocycles. The molecule has 0 saturated heterocycles. The first-order valence-electron chi connectivity index (χ1n) is 10.2. The lowest BCUT2D eigenvalue weighted by Crippen LogP contribution is -2.46. The van der Waals surface area contributed by atoms with Crippen molar-refractivity contribution in [3.63, 3.8) is 0 Å². The van der Waals surface area contributed by atoms with Gasteiger partial charge in [-0.15, -0.1) is 0 Å². The number of aromatic nitrogens is 2. The second kappa shape index (κ2) is 8.98. The van der Waals surface area contributed by atoms with Gasteiger partial charge in [0.05, 0.1) is 11.6 Å². The van der Waals surface area contributed by atoms with E-state index in [1.54, 1.807) is 12.1 Å². The lowest BCUT2D eigenvalue weighted by Gasteiger charge is -2.37. The molecule has 0 amide bonds. The number of hydrogen-bond donors (Lipinski definition) is 1. The topological polar surface area (TPSA) is 54.2 Å². The summed E-state index contributed by atoms with van der Waals surface area (Å²) in [4.78, 5) is 6.69. The molecule has 0 radical (unpaired) electrons. The van der Waals surface area contributed by atoms with E-state index in [1.807, 2.05) is 78.6 Å². The van der Waals surface area contributed by atoms with Crippen molar-refractivity contribution in [3.05, 3.63) is 106 Å². The van der Waals surface area contributed by atoms with Crippen LogP contribution < -0.4 is 10.2 Å². The fourth-order valence-corrected chi connectivity index (χ4v) is 4.47. The van der Waals surface area contributed by atoms with Crippen LogP contribution in [0.15, 0.2) is 89.1 Å². The summed E-state index contributed by atoms with van der Waals surface area (Å²) in [6.45, 7) is 2.00. The quantitative estimate of drug-likeness (QED) is 0.312. The Morgan fingerprint density at radius 2 is 1.55 bits per heavy atom. The predicted molar refractivity (Wildman–Crippen MR) is 136 cm³/mol. The summed E-state index contributed by atoms with van der Waals surface area (Å²) in [6, 6.07) is 24.6. The highest BCUT2D eigenvalue weighted by atomic mass is 35.5. The van der Waals surface area contributed by atoms with Gasteiger partial charge >= 0.3 is 0 Å². The highest BCUT2D eigenvalue weighted by Crippen LogP contribution is 2.39. The molecule has 164 valence electrons. The molecule has 1 aliphatic heterocycles. The van der Waals surface area contributed by atoms with Crippen LogP contribution in [0.3, 0.4) is 0 Å². The molecule has 0 fully saturated rings. The number of para-hydroxylation sites is 1. The Bertz CT molecular complexity index is 1340. The fourth-order valence-electron chi connectivity index (χ4n) is 3.86. The first kappa shape index (κ1) is 21.6. The number of allylic oxidation sites excluding steroid dienone is 1. The van der Waals surface area contributed by atoms with Gasteiger partial charge in [0.1, 0.15) is 0 Å². The molecule has 1 atom stereocenters. The van der Waals surface area contributed by atoms with Crippen LogP contribution in [0, 0.1) is 0 Å². The molecule has 8 heteroatoms. The van der Waals surface area contributed by atoms with Crippen LogP contribution in [0.1, 0.15) is 24.4 Å². The molecule has 1 unspecified atom stereocenters. The van der Waals surface area contributed by atoms with Crippen molar-refractivity contribution in [2.75, 3.05) is 4.90 Å². The molecule has 0 saturated carbocycles. The molecule has 5 nitrogen and oxygen atoms in total. The van der Waals surface area contributed by atoms with E-state index in [-0.39, 0.29) is 6.04 Å². The van der Waals surface area contributed by atoms with Crippen molar-refractivity contribution in [3.8, 4) is 11.4 Å². The summed E-state index contributed by atoms with van der Waals surface area (Å²) < 4.78 is 5.77. The van der Waals surface area contributed by atoms with Crippen molar-refractivity contribution < 1.29 is 4.52 Å². The molecule has 0 bridgehead atoms. The van der Waals surface area contributed by atoms with E-state index in [1.165, 1.54) is 0 Å². The highest BCUT2D eigenvalue weighted by Gasteiger charge is 2.34. The van der Waals surface area contributed by atoms with E-state index in [9.17, 15) is 0 Å². The molecule has 4 aromatic rings. The Hall–Kier alpha value is -3.19. The molecule has 1 N–H and O–H groups in total. The van der Waals surface area contributed by atoms with E-state index in [0.29, 0.717) is 26.9 Å². The third-order valence-electron chi connectivity index (χ3n) is 5.46. The molecule has 1 aromatic heterocycles. The number of nitrogens with zero attached hydrogens (tertiary/aromatic N) is 3. The van der Waals surface area contributed by atoms with Crippen LogP contribution in [-0.2, 0) is 0 Å². The van der Waals surface area contributed by atoms with Crippen molar-refractivity contribution in [2.45, 2.75) is 13.0 Å². The van der Waals surface area contributed by atoms with Crippen molar-refractivity contribution in [2.24, 2.45) is 0 Å². The van der Waals surface area contributed by atoms with Gasteiger partial charge in [-0.3, -0.25) is 4.90 Å². The minimum Gasteiger partial charge on any atom is -0.351 e. The zero-order chi connectivity index (χ0) is 22.9. The zero-order valence-corrected chi connectivity index (χ0v) is 19.8. The molecule has 2 heterocycles. The van der Waals surface area contributed by atoms with Gasteiger partial charge in [-0.1, -0.05) is 58.7 Å². The van der Waals surface area contributed by atoms with Gasteiger partial charge in [0, 0.05) is 27.0 Å². The van der Waals surface area contributed by atoms with E-state index in [2.05, 4.69) is 10.5 Å². The number of nitrogens with one attached hydrogen (secondary N) is 1. The normalized spacial score (nSPS) is 16.2. The van der Waals surface area contributed by atoms with Crippen LogP contribution >= 0.6 is 35.4 Å². The third kappa shape index (κ3) is 4.25. The first-order chi connectivity index (χ1) is 16.0. The molecule has 1 aliphatic rings. The standard InChI is InChI=1S/C25H18Cl2N4OS/c1-15-21(24-29-23(30-32-24)17-9-13-19(27)14-10-17)22(16-7-11-18(26)12-8-16)28-25(33)31(15)20-5-3-2-4-6-20/h2-14,22H,1H3,(H,28,33). The van der Waals surface area contributed by atoms with Gasteiger partial charge < -0.3 is 9.84 Å². The van der Waals surface area contributed by atoms with Gasteiger partial charge in [-0.2, -0.15) is 4.98 Å². The fraction of sp³-hybridized carbons (Fsp3) is 0.0800. The molecule has 0 spiro atoms. The van der Waals surface area contributed by atoms with E-state index < -0.39 is 0 Å². The molecular weight excluding hydrogens is 475 g/mol. The second-order valence-electron chi connectivity index (χ2n) is 7.53. The number of anilines is 1. The zero-order valence-electron chi connectivity index (χ0n) is 17.5.